The monoisotopic (exact) mass is 588 g/mol. The van der Waals surface area contributed by atoms with Crippen LogP contribution in [-0.4, -0.2) is 9.52 Å². The smallest absolute Gasteiger partial charge is 0.0253 e. The van der Waals surface area contributed by atoms with Gasteiger partial charge in [-0.05, 0) is 12.0 Å². The Morgan fingerprint density at radius 2 is 1.43 bits per heavy atom. The maximum Gasteiger partial charge on any atom is -0.0253 e. The van der Waals surface area contributed by atoms with Crippen molar-refractivity contribution >= 4 is 37.3 Å². The topological polar surface area (TPSA) is 0 Å². The quantitative estimate of drug-likeness (QED) is 0.132. The number of benzene rings is 4. The van der Waals surface area contributed by atoms with Crippen molar-refractivity contribution in [1.29, 1.82) is 0 Å². The molecule has 0 bridgehead atoms. The van der Waals surface area contributed by atoms with Gasteiger partial charge in [-0.3, -0.25) is 0 Å². The van der Waals surface area contributed by atoms with Gasteiger partial charge in [0.05, 0.1) is 0 Å². The Bertz CT molecular complexity index is 1280. The van der Waals surface area contributed by atoms with E-state index in [0.717, 1.165) is 15.9 Å². The zero-order valence-corrected chi connectivity index (χ0v) is 25.2. The van der Waals surface area contributed by atoms with Crippen molar-refractivity contribution in [2.75, 3.05) is 0 Å². The summed E-state index contributed by atoms with van der Waals surface area (Å²) >= 11 is -0.826. The van der Waals surface area contributed by atoms with Crippen molar-refractivity contribution in [3.8, 4) is 22.3 Å². The second-order valence-electron chi connectivity index (χ2n) is 8.17. The largest absolute Gasteiger partial charge is 0.179 e. The van der Waals surface area contributed by atoms with Gasteiger partial charge in [-0.25, -0.2) is 0 Å². The standard InChI is InChI=1S/C16H13.C13H9.C2H6Si.2ClH.Zr/c1-12-10-14-8-5-9-15(16(14)11-12)13-6-3-2-4-7-13;1-3-7-12-10(5-1)9-11-6-2-4-8-13(11)12;1-3-2;;;/h2-11H,1H3;1-5,7-8H,9H2;1-2H3;2*1H;/q2*-1;;;;+4/p-2. The minimum absolute atomic E-state index is 0.826. The molecule has 0 saturated carbocycles. The number of fused-ring (bicyclic) bond motifs is 4. The van der Waals surface area contributed by atoms with E-state index < -0.39 is 20.8 Å². The van der Waals surface area contributed by atoms with Gasteiger partial charge in [0.2, 0.25) is 0 Å². The Kier molecular flexibility index (Phi) is 11.6. The molecule has 1 aliphatic carbocycles. The molecule has 0 aromatic heterocycles. The van der Waals surface area contributed by atoms with Crippen LogP contribution in [0.3, 0.4) is 0 Å². The minimum atomic E-state index is -0.826. The van der Waals surface area contributed by atoms with Crippen LogP contribution in [0.15, 0.2) is 103 Å². The zero-order chi connectivity index (χ0) is 25.0. The molecule has 0 fully saturated rings. The van der Waals surface area contributed by atoms with E-state index in [4.69, 9.17) is 17.0 Å². The number of hydrogen-bond donors (Lipinski definition) is 0. The Morgan fingerprint density at radius 1 is 0.800 bits per heavy atom. The maximum absolute atomic E-state index is 4.93. The number of halogens is 2. The molecule has 35 heavy (non-hydrogen) atoms. The second kappa shape index (κ2) is 14.7. The summed E-state index contributed by atoms with van der Waals surface area (Å²) in [5, 5.41) is 2.69. The second-order valence-corrected chi connectivity index (χ2v) is 12.9. The van der Waals surface area contributed by atoms with Gasteiger partial charge in [0.1, 0.15) is 0 Å². The summed E-state index contributed by atoms with van der Waals surface area (Å²) in [6.45, 7) is 6.45. The van der Waals surface area contributed by atoms with Gasteiger partial charge in [-0.15, -0.1) is 40.1 Å². The molecule has 0 unspecified atom stereocenters. The first-order valence-corrected chi connectivity index (χ1v) is 19.8. The summed E-state index contributed by atoms with van der Waals surface area (Å²) < 4.78 is 0. The molecule has 0 atom stereocenters. The van der Waals surface area contributed by atoms with Crippen LogP contribution in [0.4, 0.5) is 0 Å². The molecule has 5 aromatic rings. The molecule has 6 rings (SSSR count). The first-order chi connectivity index (χ1) is 17.1. The van der Waals surface area contributed by atoms with Crippen LogP contribution in [-0.2, 0) is 27.3 Å². The summed E-state index contributed by atoms with van der Waals surface area (Å²) in [6.07, 6.45) is 1.05. The van der Waals surface area contributed by atoms with Crippen molar-refractivity contribution < 1.29 is 20.8 Å². The third-order valence-electron chi connectivity index (χ3n) is 5.60. The maximum atomic E-state index is 4.93. The van der Waals surface area contributed by atoms with E-state index in [1.165, 1.54) is 49.7 Å². The van der Waals surface area contributed by atoms with Gasteiger partial charge in [-0.2, -0.15) is 35.9 Å². The Hall–Kier alpha value is -1.83. The SMILES string of the molecule is C[Si]C.Cc1cc2c(-c3ccccc3)cccc2[cH-]1.[Cl][Zr+2][Cl].[c-]1cccc2c1Cc1ccccc1-2. The van der Waals surface area contributed by atoms with E-state index >= 15 is 0 Å². The van der Waals surface area contributed by atoms with Crippen molar-refractivity contribution in [1.82, 2.24) is 0 Å². The summed E-state index contributed by atoms with van der Waals surface area (Å²) in [5.74, 6) is 0. The van der Waals surface area contributed by atoms with Crippen molar-refractivity contribution in [3.05, 3.63) is 126 Å². The molecule has 174 valence electrons. The van der Waals surface area contributed by atoms with Crippen molar-refractivity contribution in [3.63, 3.8) is 0 Å². The molecule has 2 radical (unpaired) electrons. The van der Waals surface area contributed by atoms with E-state index in [1.54, 1.807) is 0 Å². The fourth-order valence-electron chi connectivity index (χ4n) is 4.25. The average Bonchev–Trinajstić information content (AvgIpc) is 3.45. The van der Waals surface area contributed by atoms with E-state index in [0.29, 0.717) is 0 Å². The first kappa shape index (κ1) is 27.8. The minimum Gasteiger partial charge on any atom is -0.179 e. The van der Waals surface area contributed by atoms with Crippen LogP contribution in [0.1, 0.15) is 16.7 Å². The van der Waals surface area contributed by atoms with Gasteiger partial charge >= 0.3 is 37.9 Å². The fourth-order valence-corrected chi connectivity index (χ4v) is 4.25. The predicted molar refractivity (Wildman–Crippen MR) is 152 cm³/mol. The molecular weight excluding hydrogens is 563 g/mol. The third kappa shape index (κ3) is 7.58. The van der Waals surface area contributed by atoms with Crippen LogP contribution in [0, 0.1) is 13.0 Å². The van der Waals surface area contributed by atoms with E-state index in [-0.39, 0.29) is 0 Å². The molecule has 0 nitrogen and oxygen atoms in total. The molecule has 0 aliphatic heterocycles. The molecule has 4 heteroatoms. The Labute approximate surface area is 231 Å². The predicted octanol–water partition coefficient (Wildman–Crippen LogP) is 9.76. The number of hydrogen-bond acceptors (Lipinski definition) is 0. The molecule has 0 heterocycles. The van der Waals surface area contributed by atoms with Gasteiger partial charge in [0.25, 0.3) is 0 Å². The van der Waals surface area contributed by atoms with Gasteiger partial charge < -0.3 is 0 Å². The molecular formula is C31H28Cl2SiZr. The summed E-state index contributed by atoms with van der Waals surface area (Å²) in [5.41, 5.74) is 9.46. The fraction of sp³-hybridized carbons (Fsp3) is 0.129. The number of rotatable bonds is 1. The average molecular weight is 591 g/mol. The van der Waals surface area contributed by atoms with Crippen molar-refractivity contribution in [2.45, 2.75) is 26.4 Å². The van der Waals surface area contributed by atoms with Crippen LogP contribution >= 0.6 is 17.0 Å². The molecule has 0 amide bonds. The molecule has 5 aromatic carbocycles. The summed E-state index contributed by atoms with van der Waals surface area (Å²) in [4.78, 5) is 0. The van der Waals surface area contributed by atoms with E-state index in [1.807, 2.05) is 6.07 Å². The molecule has 0 N–H and O–H groups in total. The summed E-state index contributed by atoms with van der Waals surface area (Å²) in [6, 6.07) is 39.7. The van der Waals surface area contributed by atoms with Gasteiger partial charge in [0, 0.05) is 9.52 Å². The first-order valence-electron chi connectivity index (χ1n) is 11.5. The van der Waals surface area contributed by atoms with E-state index in [2.05, 4.69) is 123 Å². The van der Waals surface area contributed by atoms with E-state index in [9.17, 15) is 0 Å². The van der Waals surface area contributed by atoms with Crippen LogP contribution in [0.2, 0.25) is 13.1 Å². The number of aryl methyl sites for hydroxylation is 1. The van der Waals surface area contributed by atoms with Gasteiger partial charge in [0.15, 0.2) is 0 Å². The van der Waals surface area contributed by atoms with Crippen molar-refractivity contribution in [2.24, 2.45) is 0 Å². The van der Waals surface area contributed by atoms with Crippen LogP contribution < -0.4 is 0 Å². The zero-order valence-electron chi connectivity index (χ0n) is 20.3. The molecule has 0 spiro atoms. The molecule has 0 saturated heterocycles. The third-order valence-corrected chi connectivity index (χ3v) is 5.60. The van der Waals surface area contributed by atoms with Crippen LogP contribution in [0.25, 0.3) is 33.0 Å². The van der Waals surface area contributed by atoms with Gasteiger partial charge in [-0.1, -0.05) is 97.4 Å². The molecule has 1 aliphatic rings. The van der Waals surface area contributed by atoms with Crippen LogP contribution in [0.5, 0.6) is 0 Å². The Balaban J connectivity index is 0.000000162. The summed E-state index contributed by atoms with van der Waals surface area (Å²) in [7, 11) is 11.0. The Morgan fingerprint density at radius 3 is 2.17 bits per heavy atom. The normalized spacial score (nSPS) is 10.3.